The fourth-order valence-electron chi connectivity index (χ4n) is 4.50. The third-order valence-corrected chi connectivity index (χ3v) is 6.22. The zero-order chi connectivity index (χ0) is 25.9. The fourth-order valence-corrected chi connectivity index (χ4v) is 4.50. The van der Waals surface area contributed by atoms with Gasteiger partial charge in [-0.3, -0.25) is 9.59 Å². The molecule has 1 aliphatic heterocycles. The van der Waals surface area contributed by atoms with Crippen molar-refractivity contribution in [2.75, 3.05) is 25.1 Å². The Kier molecular flexibility index (Phi) is 7.41. The molecule has 0 unspecified atom stereocenters. The number of halogens is 2. The Morgan fingerprint density at radius 1 is 1.25 bits per heavy atom. The van der Waals surface area contributed by atoms with Gasteiger partial charge in [0.25, 0.3) is 11.5 Å². The average molecular weight is 502 g/mol. The van der Waals surface area contributed by atoms with Gasteiger partial charge < -0.3 is 14.2 Å². The van der Waals surface area contributed by atoms with E-state index in [4.69, 9.17) is 0 Å². The van der Waals surface area contributed by atoms with Crippen LogP contribution in [0.3, 0.4) is 0 Å². The summed E-state index contributed by atoms with van der Waals surface area (Å²) in [6, 6.07) is 3.37. The molecule has 0 aliphatic carbocycles. The lowest BCUT2D eigenvalue weighted by atomic mass is 9.92. The number of ether oxygens (including phenoxy) is 1. The van der Waals surface area contributed by atoms with E-state index in [1.54, 1.807) is 22.4 Å². The summed E-state index contributed by atoms with van der Waals surface area (Å²) in [5.41, 5.74) is 2.44. The standard InChI is InChI=1S/C24H29F2N7O3/c1-4-5-16-6-7-21(34)32(12-16)14-19-23(29-30-31(19)2)18-10-28-20(11-27-18)33-13-17(8-22(35)36-3)9-24(25,26)15-33/h6-7,10-12,17H,4-5,8-9,13-15H2,1-3H3/t17-/m0/s1. The monoisotopic (exact) mass is 501 g/mol. The third-order valence-electron chi connectivity index (χ3n) is 6.22. The zero-order valence-corrected chi connectivity index (χ0v) is 20.5. The molecule has 0 radical (unpaired) electrons. The summed E-state index contributed by atoms with van der Waals surface area (Å²) in [6.07, 6.45) is 6.06. The van der Waals surface area contributed by atoms with Gasteiger partial charge in [-0.25, -0.2) is 23.4 Å². The van der Waals surface area contributed by atoms with Gasteiger partial charge in [0.05, 0.1) is 44.7 Å². The molecule has 1 atom stereocenters. The van der Waals surface area contributed by atoms with E-state index in [9.17, 15) is 18.4 Å². The number of aryl methyl sites for hydroxylation is 2. The number of carbonyl (C=O) groups excluding carboxylic acids is 1. The van der Waals surface area contributed by atoms with Crippen molar-refractivity contribution >= 4 is 11.8 Å². The molecule has 0 spiro atoms. The van der Waals surface area contributed by atoms with Gasteiger partial charge in [0.15, 0.2) is 0 Å². The van der Waals surface area contributed by atoms with E-state index in [-0.39, 0.29) is 37.3 Å². The molecule has 36 heavy (non-hydrogen) atoms. The number of alkyl halides is 2. The number of nitrogens with zero attached hydrogens (tertiary/aromatic N) is 7. The highest BCUT2D eigenvalue weighted by Gasteiger charge is 2.41. The molecule has 0 bridgehead atoms. The SMILES string of the molecule is CCCc1ccc(=O)n(Cc2c(-c3cnc(N4C[C@@H](CC(=O)OC)CC(F)(F)C4)cn3)nnn2C)c1. The number of hydrogen-bond acceptors (Lipinski definition) is 8. The van der Waals surface area contributed by atoms with E-state index >= 15 is 0 Å². The number of methoxy groups -OCH3 is 1. The van der Waals surface area contributed by atoms with Gasteiger partial charge >= 0.3 is 5.97 Å². The van der Waals surface area contributed by atoms with Gasteiger partial charge in [0.1, 0.15) is 17.2 Å². The molecule has 1 aliphatic rings. The largest absolute Gasteiger partial charge is 0.469 e. The summed E-state index contributed by atoms with van der Waals surface area (Å²) >= 11 is 0. The van der Waals surface area contributed by atoms with Gasteiger partial charge in [-0.1, -0.05) is 24.6 Å². The molecular formula is C24H29F2N7O3. The molecule has 1 fully saturated rings. The summed E-state index contributed by atoms with van der Waals surface area (Å²) in [6.45, 7) is 2.05. The molecule has 0 amide bonds. The van der Waals surface area contributed by atoms with Crippen molar-refractivity contribution in [3.8, 4) is 11.4 Å². The Bertz CT molecular complexity index is 1270. The van der Waals surface area contributed by atoms with E-state index in [2.05, 4.69) is 31.9 Å². The minimum atomic E-state index is -2.96. The lowest BCUT2D eigenvalue weighted by Gasteiger charge is -2.37. The Morgan fingerprint density at radius 2 is 2.06 bits per heavy atom. The second-order valence-electron chi connectivity index (χ2n) is 9.11. The van der Waals surface area contributed by atoms with Crippen LogP contribution in [0.4, 0.5) is 14.6 Å². The molecule has 0 saturated carbocycles. The van der Waals surface area contributed by atoms with Crippen molar-refractivity contribution in [2.24, 2.45) is 13.0 Å². The van der Waals surface area contributed by atoms with Crippen LogP contribution in [0.5, 0.6) is 0 Å². The topological polar surface area (TPSA) is 108 Å². The number of piperidine rings is 1. The van der Waals surface area contributed by atoms with Gasteiger partial charge in [0.2, 0.25) is 0 Å². The second-order valence-corrected chi connectivity index (χ2v) is 9.11. The molecule has 10 nitrogen and oxygen atoms in total. The first-order valence-electron chi connectivity index (χ1n) is 11.8. The van der Waals surface area contributed by atoms with Crippen LogP contribution in [0, 0.1) is 5.92 Å². The lowest BCUT2D eigenvalue weighted by Crippen LogP contribution is -2.48. The summed E-state index contributed by atoms with van der Waals surface area (Å²) in [7, 11) is 2.97. The number of esters is 1. The van der Waals surface area contributed by atoms with E-state index in [0.29, 0.717) is 17.1 Å². The zero-order valence-electron chi connectivity index (χ0n) is 20.5. The summed E-state index contributed by atoms with van der Waals surface area (Å²) in [4.78, 5) is 34.3. The minimum Gasteiger partial charge on any atom is -0.469 e. The molecule has 192 valence electrons. The molecule has 12 heteroatoms. The molecule has 1 saturated heterocycles. The van der Waals surface area contributed by atoms with Crippen LogP contribution in [0.25, 0.3) is 11.4 Å². The average Bonchev–Trinajstić information content (AvgIpc) is 3.20. The van der Waals surface area contributed by atoms with E-state index in [1.165, 1.54) is 24.4 Å². The summed E-state index contributed by atoms with van der Waals surface area (Å²) < 4.78 is 36.6. The van der Waals surface area contributed by atoms with Gasteiger partial charge in [-0.05, 0) is 17.9 Å². The Hall–Kier alpha value is -3.70. The molecule has 3 aromatic heterocycles. The smallest absolute Gasteiger partial charge is 0.305 e. The summed E-state index contributed by atoms with van der Waals surface area (Å²) in [5, 5.41) is 8.28. The van der Waals surface area contributed by atoms with Crippen molar-refractivity contribution in [1.29, 1.82) is 0 Å². The maximum Gasteiger partial charge on any atom is 0.305 e. The van der Waals surface area contributed by atoms with Crippen molar-refractivity contribution in [1.82, 2.24) is 29.5 Å². The fraction of sp³-hybridized carbons (Fsp3) is 0.500. The van der Waals surface area contributed by atoms with Crippen LogP contribution in [0.2, 0.25) is 0 Å². The van der Waals surface area contributed by atoms with Crippen LogP contribution in [-0.2, 0) is 29.5 Å². The van der Waals surface area contributed by atoms with E-state index in [0.717, 1.165) is 18.4 Å². The van der Waals surface area contributed by atoms with Crippen LogP contribution >= 0.6 is 0 Å². The Balaban J connectivity index is 1.56. The number of aromatic nitrogens is 6. The Morgan fingerprint density at radius 3 is 2.75 bits per heavy atom. The first kappa shape index (κ1) is 25.4. The second kappa shape index (κ2) is 10.5. The van der Waals surface area contributed by atoms with E-state index < -0.39 is 24.4 Å². The van der Waals surface area contributed by atoms with Crippen LogP contribution in [0.15, 0.2) is 35.5 Å². The van der Waals surface area contributed by atoms with Crippen LogP contribution < -0.4 is 10.5 Å². The molecule has 3 aromatic rings. The number of carbonyl (C=O) groups is 1. The highest BCUT2D eigenvalue weighted by atomic mass is 19.3. The maximum atomic E-state index is 14.4. The lowest BCUT2D eigenvalue weighted by molar-refractivity contribution is -0.142. The van der Waals surface area contributed by atoms with Crippen molar-refractivity contribution < 1.29 is 18.3 Å². The predicted molar refractivity (Wildman–Crippen MR) is 128 cm³/mol. The Labute approximate surface area is 206 Å². The van der Waals surface area contributed by atoms with Crippen molar-refractivity contribution in [3.63, 3.8) is 0 Å². The number of rotatable bonds is 8. The van der Waals surface area contributed by atoms with Gasteiger partial charge in [-0.2, -0.15) is 0 Å². The van der Waals surface area contributed by atoms with Crippen molar-refractivity contribution in [2.45, 2.75) is 45.1 Å². The molecule has 0 aromatic carbocycles. The predicted octanol–water partition coefficient (Wildman–Crippen LogP) is 2.46. The summed E-state index contributed by atoms with van der Waals surface area (Å²) in [5.74, 6) is -3.76. The minimum absolute atomic E-state index is 0.0874. The van der Waals surface area contributed by atoms with E-state index in [1.807, 2.05) is 12.3 Å². The van der Waals surface area contributed by atoms with Crippen LogP contribution in [0.1, 0.15) is 37.4 Å². The maximum absolute atomic E-state index is 14.4. The highest BCUT2D eigenvalue weighted by Crippen LogP contribution is 2.34. The van der Waals surface area contributed by atoms with Crippen molar-refractivity contribution in [3.05, 3.63) is 52.3 Å². The first-order valence-corrected chi connectivity index (χ1v) is 11.8. The molecular weight excluding hydrogens is 472 g/mol. The van der Waals surface area contributed by atoms with Crippen LogP contribution in [-0.4, -0.2) is 61.6 Å². The number of pyridine rings is 1. The molecule has 4 rings (SSSR count). The molecule has 4 heterocycles. The van der Waals surface area contributed by atoms with Gasteiger partial charge in [0, 0.05) is 32.3 Å². The first-order chi connectivity index (χ1) is 17.2. The van der Waals surface area contributed by atoms with Gasteiger partial charge in [-0.15, -0.1) is 5.10 Å². The number of hydrogen-bond donors (Lipinski definition) is 0. The number of anilines is 1. The normalized spacial score (nSPS) is 17.2. The third kappa shape index (κ3) is 5.74. The quantitative estimate of drug-likeness (QED) is 0.433. The highest BCUT2D eigenvalue weighted by molar-refractivity contribution is 5.69. The molecule has 0 N–H and O–H groups in total.